The van der Waals surface area contributed by atoms with Crippen LogP contribution in [0.3, 0.4) is 0 Å². The summed E-state index contributed by atoms with van der Waals surface area (Å²) in [6.07, 6.45) is 4.27. The number of amides is 3. The molecule has 0 aliphatic carbocycles. The molecule has 7 nitrogen and oxygen atoms in total. The van der Waals surface area contributed by atoms with Crippen LogP contribution in [-0.4, -0.2) is 47.8 Å². The molecule has 27 heavy (non-hydrogen) atoms. The SMILES string of the molecule is O=C1CCC(N2Cc3c(CNC4CCCCNC4)cccc3C2=O)C(=O)N1. The molecule has 0 radical (unpaired) electrons. The molecular formula is C20H26N4O3. The quantitative estimate of drug-likeness (QED) is 0.678. The zero-order valence-corrected chi connectivity index (χ0v) is 15.4. The minimum Gasteiger partial charge on any atom is -0.322 e. The Bertz CT molecular complexity index is 756. The Labute approximate surface area is 158 Å². The van der Waals surface area contributed by atoms with Gasteiger partial charge in [0.15, 0.2) is 0 Å². The summed E-state index contributed by atoms with van der Waals surface area (Å²) < 4.78 is 0. The maximum atomic E-state index is 12.9. The van der Waals surface area contributed by atoms with Gasteiger partial charge in [0, 0.05) is 37.7 Å². The maximum absolute atomic E-state index is 12.9. The third-order valence-corrected chi connectivity index (χ3v) is 5.81. The standard InChI is InChI=1S/C20H26N4O3/c25-18-8-7-17(19(26)23-18)24-12-16-13(4-3-6-15(16)20(24)27)10-22-14-5-1-2-9-21-11-14/h3-4,6,14,17,21-22H,1-2,5,7-12H2,(H,23,25,26). The lowest BCUT2D eigenvalue weighted by atomic mass is 10.0. The van der Waals surface area contributed by atoms with Crippen molar-refractivity contribution in [2.75, 3.05) is 13.1 Å². The van der Waals surface area contributed by atoms with Gasteiger partial charge < -0.3 is 15.5 Å². The van der Waals surface area contributed by atoms with Gasteiger partial charge in [-0.15, -0.1) is 0 Å². The highest BCUT2D eigenvalue weighted by Crippen LogP contribution is 2.29. The summed E-state index contributed by atoms with van der Waals surface area (Å²) >= 11 is 0. The number of piperidine rings is 1. The molecule has 0 saturated carbocycles. The number of nitrogens with one attached hydrogen (secondary N) is 3. The second-order valence-electron chi connectivity index (χ2n) is 7.62. The Morgan fingerprint density at radius 1 is 1.15 bits per heavy atom. The number of imide groups is 1. The Hall–Kier alpha value is -2.25. The van der Waals surface area contributed by atoms with Crippen LogP contribution in [-0.2, 0) is 22.7 Å². The molecule has 1 aromatic rings. The third kappa shape index (κ3) is 3.75. The maximum Gasteiger partial charge on any atom is 0.255 e. The first-order valence-electron chi connectivity index (χ1n) is 9.83. The topological polar surface area (TPSA) is 90.5 Å². The van der Waals surface area contributed by atoms with Crippen LogP contribution >= 0.6 is 0 Å². The predicted molar refractivity (Wildman–Crippen MR) is 99.8 cm³/mol. The van der Waals surface area contributed by atoms with Crippen molar-refractivity contribution in [3.05, 3.63) is 34.9 Å². The first-order chi connectivity index (χ1) is 13.1. The summed E-state index contributed by atoms with van der Waals surface area (Å²) in [6, 6.07) is 5.67. The van der Waals surface area contributed by atoms with E-state index in [0.29, 0.717) is 31.1 Å². The Morgan fingerprint density at radius 2 is 2.04 bits per heavy atom. The van der Waals surface area contributed by atoms with Crippen LogP contribution in [0.15, 0.2) is 18.2 Å². The summed E-state index contributed by atoms with van der Waals surface area (Å²) in [4.78, 5) is 38.1. The normalized spacial score (nSPS) is 25.9. The summed E-state index contributed by atoms with van der Waals surface area (Å²) in [6.45, 7) is 3.19. The predicted octanol–water partition coefficient (Wildman–Crippen LogP) is 0.679. The fourth-order valence-corrected chi connectivity index (χ4v) is 4.26. The minimum atomic E-state index is -0.561. The first kappa shape index (κ1) is 18.1. The van der Waals surface area contributed by atoms with Crippen LogP contribution < -0.4 is 16.0 Å². The molecule has 144 valence electrons. The van der Waals surface area contributed by atoms with E-state index in [4.69, 9.17) is 0 Å². The summed E-state index contributed by atoms with van der Waals surface area (Å²) in [5.74, 6) is -0.739. The van der Waals surface area contributed by atoms with E-state index in [2.05, 4.69) is 22.0 Å². The molecule has 3 aliphatic rings. The lowest BCUT2D eigenvalue weighted by molar-refractivity contribution is -0.136. The molecule has 0 spiro atoms. The van der Waals surface area contributed by atoms with Crippen LogP contribution in [0.1, 0.15) is 53.6 Å². The molecule has 2 atom stereocenters. The highest BCUT2D eigenvalue weighted by molar-refractivity contribution is 6.05. The van der Waals surface area contributed by atoms with E-state index in [-0.39, 0.29) is 24.1 Å². The molecule has 2 fully saturated rings. The zero-order chi connectivity index (χ0) is 18.8. The van der Waals surface area contributed by atoms with Gasteiger partial charge >= 0.3 is 0 Å². The van der Waals surface area contributed by atoms with Gasteiger partial charge in [-0.2, -0.15) is 0 Å². The minimum absolute atomic E-state index is 0.113. The van der Waals surface area contributed by atoms with Crippen LogP contribution in [0.4, 0.5) is 0 Å². The van der Waals surface area contributed by atoms with Crippen molar-refractivity contribution < 1.29 is 14.4 Å². The van der Waals surface area contributed by atoms with Crippen molar-refractivity contribution in [2.24, 2.45) is 0 Å². The van der Waals surface area contributed by atoms with Gasteiger partial charge in [0.1, 0.15) is 6.04 Å². The van der Waals surface area contributed by atoms with E-state index < -0.39 is 6.04 Å². The number of carbonyl (C=O) groups is 3. The van der Waals surface area contributed by atoms with Gasteiger partial charge in [-0.3, -0.25) is 19.7 Å². The van der Waals surface area contributed by atoms with E-state index in [1.807, 2.05) is 12.1 Å². The van der Waals surface area contributed by atoms with E-state index in [1.54, 1.807) is 4.90 Å². The van der Waals surface area contributed by atoms with Gasteiger partial charge in [0.25, 0.3) is 5.91 Å². The van der Waals surface area contributed by atoms with Crippen LogP contribution in [0.25, 0.3) is 0 Å². The van der Waals surface area contributed by atoms with Crippen molar-refractivity contribution in [3.63, 3.8) is 0 Å². The van der Waals surface area contributed by atoms with Crippen LogP contribution in [0, 0.1) is 0 Å². The Morgan fingerprint density at radius 3 is 2.89 bits per heavy atom. The molecule has 1 aromatic carbocycles. The number of rotatable bonds is 4. The largest absolute Gasteiger partial charge is 0.322 e. The van der Waals surface area contributed by atoms with Crippen molar-refractivity contribution in [2.45, 2.75) is 57.3 Å². The van der Waals surface area contributed by atoms with Crippen molar-refractivity contribution in [3.8, 4) is 0 Å². The lowest BCUT2D eigenvalue weighted by Crippen LogP contribution is -2.52. The number of carbonyl (C=O) groups excluding carboxylic acids is 3. The molecule has 3 amide bonds. The molecule has 2 unspecified atom stereocenters. The lowest BCUT2D eigenvalue weighted by Gasteiger charge is -2.29. The van der Waals surface area contributed by atoms with Gasteiger partial charge in [-0.05, 0) is 43.0 Å². The molecule has 4 rings (SSSR count). The van der Waals surface area contributed by atoms with Gasteiger partial charge in [-0.25, -0.2) is 0 Å². The number of nitrogens with zero attached hydrogens (tertiary/aromatic N) is 1. The number of hydrogen-bond donors (Lipinski definition) is 3. The summed E-state index contributed by atoms with van der Waals surface area (Å²) in [5, 5.41) is 9.42. The van der Waals surface area contributed by atoms with Gasteiger partial charge in [-0.1, -0.05) is 18.6 Å². The number of hydrogen-bond acceptors (Lipinski definition) is 5. The Kier molecular flexibility index (Phi) is 5.22. The second kappa shape index (κ2) is 7.78. The van der Waals surface area contributed by atoms with Crippen LogP contribution in [0.2, 0.25) is 0 Å². The summed E-state index contributed by atoms with van der Waals surface area (Å²) in [7, 11) is 0. The highest BCUT2D eigenvalue weighted by Gasteiger charge is 2.39. The average Bonchev–Trinajstić information content (AvgIpc) is 2.84. The molecule has 3 aliphatic heterocycles. The van der Waals surface area contributed by atoms with Crippen molar-refractivity contribution in [1.29, 1.82) is 0 Å². The highest BCUT2D eigenvalue weighted by atomic mass is 16.2. The molecule has 3 heterocycles. The second-order valence-corrected chi connectivity index (χ2v) is 7.62. The number of benzene rings is 1. The monoisotopic (exact) mass is 370 g/mol. The molecule has 2 saturated heterocycles. The molecule has 0 bridgehead atoms. The zero-order valence-electron chi connectivity index (χ0n) is 15.4. The smallest absolute Gasteiger partial charge is 0.255 e. The van der Waals surface area contributed by atoms with Crippen molar-refractivity contribution in [1.82, 2.24) is 20.9 Å². The fraction of sp³-hybridized carbons (Fsp3) is 0.550. The fourth-order valence-electron chi connectivity index (χ4n) is 4.26. The van der Waals surface area contributed by atoms with Crippen LogP contribution in [0.5, 0.6) is 0 Å². The molecular weight excluding hydrogens is 344 g/mol. The van der Waals surface area contributed by atoms with Gasteiger partial charge in [0.05, 0.1) is 0 Å². The van der Waals surface area contributed by atoms with Gasteiger partial charge in [0.2, 0.25) is 11.8 Å². The molecule has 3 N–H and O–H groups in total. The number of fused-ring (bicyclic) bond motifs is 1. The van der Waals surface area contributed by atoms with E-state index in [0.717, 1.165) is 30.6 Å². The molecule has 7 heteroatoms. The Balaban J connectivity index is 1.47. The average molecular weight is 370 g/mol. The summed E-state index contributed by atoms with van der Waals surface area (Å²) in [5.41, 5.74) is 2.79. The van der Waals surface area contributed by atoms with E-state index in [1.165, 1.54) is 12.8 Å². The van der Waals surface area contributed by atoms with E-state index in [9.17, 15) is 14.4 Å². The first-order valence-corrected chi connectivity index (χ1v) is 9.83. The van der Waals surface area contributed by atoms with E-state index >= 15 is 0 Å². The third-order valence-electron chi connectivity index (χ3n) is 5.81. The molecule has 0 aromatic heterocycles. The van der Waals surface area contributed by atoms with Crippen molar-refractivity contribution >= 4 is 17.7 Å².